The molecule has 3 rings (SSSR count). The van der Waals surface area contributed by atoms with Crippen LogP contribution < -0.4 is 0 Å². The van der Waals surface area contributed by atoms with Gasteiger partial charge in [-0.2, -0.15) is 0 Å². The molecule has 0 fully saturated rings. The average molecular weight is 645 g/mol. The van der Waals surface area contributed by atoms with Crippen molar-refractivity contribution < 1.29 is 23.7 Å². The van der Waals surface area contributed by atoms with Crippen LogP contribution in [0.3, 0.4) is 0 Å². The minimum Gasteiger partial charge on any atom is -0.438 e. The van der Waals surface area contributed by atoms with Gasteiger partial charge in [0, 0.05) is 6.61 Å². The minimum atomic E-state index is -0.907. The molecule has 47 heavy (non-hydrogen) atoms. The molecule has 5 heteroatoms. The van der Waals surface area contributed by atoms with Crippen LogP contribution in [0.2, 0.25) is 0 Å². The molecule has 0 saturated heterocycles. The zero-order valence-electron chi connectivity index (χ0n) is 29.2. The van der Waals surface area contributed by atoms with Gasteiger partial charge in [0.25, 0.3) is 0 Å². The molecule has 0 saturated carbocycles. The standard InChI is InChI=1S/C42H60O5/c1-3-4-5-6-7-8-9-10-11-12-13-14-15-16-17-27-34-45-35-40(47-41(43)44-2)36-46-42(37-28-21-18-22-29-37,38-30-23-19-24-31-38)39-32-25-20-26-33-39/h18-26,28-33,40H,3-17,27,34-36H2,1-2H3. The van der Waals surface area contributed by atoms with Gasteiger partial charge in [-0.1, -0.05) is 194 Å². The molecule has 0 bridgehead atoms. The van der Waals surface area contributed by atoms with E-state index in [1.807, 2.05) is 54.6 Å². The first-order chi connectivity index (χ1) is 23.2. The lowest BCUT2D eigenvalue weighted by Gasteiger charge is -2.37. The monoisotopic (exact) mass is 644 g/mol. The third kappa shape index (κ3) is 14.2. The summed E-state index contributed by atoms with van der Waals surface area (Å²) in [4.78, 5) is 12.2. The highest BCUT2D eigenvalue weighted by Gasteiger charge is 2.38. The van der Waals surface area contributed by atoms with Gasteiger partial charge >= 0.3 is 6.16 Å². The van der Waals surface area contributed by atoms with Gasteiger partial charge < -0.3 is 18.9 Å². The van der Waals surface area contributed by atoms with E-state index >= 15 is 0 Å². The number of hydrogen-bond acceptors (Lipinski definition) is 5. The van der Waals surface area contributed by atoms with Crippen molar-refractivity contribution in [2.75, 3.05) is 26.9 Å². The second-order valence-electron chi connectivity index (χ2n) is 12.7. The molecule has 0 aliphatic heterocycles. The van der Waals surface area contributed by atoms with E-state index in [9.17, 15) is 4.79 Å². The molecule has 0 amide bonds. The van der Waals surface area contributed by atoms with Gasteiger partial charge in [-0.05, 0) is 23.1 Å². The molecular formula is C42H60O5. The summed E-state index contributed by atoms with van der Waals surface area (Å²) in [6.07, 6.45) is 20.0. The van der Waals surface area contributed by atoms with E-state index in [1.54, 1.807) is 0 Å². The molecule has 0 N–H and O–H groups in total. The van der Waals surface area contributed by atoms with Gasteiger partial charge in [-0.3, -0.25) is 0 Å². The van der Waals surface area contributed by atoms with Crippen molar-refractivity contribution in [1.29, 1.82) is 0 Å². The Morgan fingerprint density at radius 2 is 0.936 bits per heavy atom. The van der Waals surface area contributed by atoms with Crippen molar-refractivity contribution in [2.45, 2.75) is 121 Å². The lowest BCUT2D eigenvalue weighted by molar-refractivity contribution is -0.0795. The summed E-state index contributed by atoms with van der Waals surface area (Å²) >= 11 is 0. The van der Waals surface area contributed by atoms with Crippen molar-refractivity contribution in [3.63, 3.8) is 0 Å². The van der Waals surface area contributed by atoms with Gasteiger partial charge in [-0.15, -0.1) is 0 Å². The number of rotatable bonds is 26. The van der Waals surface area contributed by atoms with E-state index in [0.717, 1.165) is 29.5 Å². The molecule has 5 nitrogen and oxygen atoms in total. The van der Waals surface area contributed by atoms with E-state index in [1.165, 1.54) is 97.0 Å². The number of ether oxygens (including phenoxy) is 4. The fraction of sp³-hybridized carbons (Fsp3) is 0.548. The molecule has 3 aromatic rings. The van der Waals surface area contributed by atoms with E-state index in [2.05, 4.69) is 43.3 Å². The summed E-state index contributed by atoms with van der Waals surface area (Å²) in [5.74, 6) is 0. The van der Waals surface area contributed by atoms with Crippen molar-refractivity contribution in [1.82, 2.24) is 0 Å². The molecule has 1 atom stereocenters. The number of unbranched alkanes of at least 4 members (excludes halogenated alkanes) is 15. The Morgan fingerprint density at radius 3 is 1.32 bits per heavy atom. The highest BCUT2D eigenvalue weighted by Crippen LogP contribution is 2.40. The van der Waals surface area contributed by atoms with E-state index in [-0.39, 0.29) is 13.2 Å². The molecule has 0 heterocycles. The summed E-state index contributed by atoms with van der Waals surface area (Å²) in [6, 6.07) is 30.5. The van der Waals surface area contributed by atoms with Crippen LogP contribution in [-0.4, -0.2) is 39.2 Å². The molecular weight excluding hydrogens is 584 g/mol. The summed E-state index contributed by atoms with van der Waals surface area (Å²) < 4.78 is 23.4. The zero-order valence-corrected chi connectivity index (χ0v) is 29.2. The number of methoxy groups -OCH3 is 1. The number of benzene rings is 3. The van der Waals surface area contributed by atoms with E-state index in [4.69, 9.17) is 18.9 Å². The Kier molecular flexibility index (Phi) is 19.6. The topological polar surface area (TPSA) is 54.0 Å². The van der Waals surface area contributed by atoms with Crippen LogP contribution in [-0.2, 0) is 24.5 Å². The third-order valence-corrected chi connectivity index (χ3v) is 8.90. The largest absolute Gasteiger partial charge is 0.508 e. The van der Waals surface area contributed by atoms with Crippen molar-refractivity contribution in [3.05, 3.63) is 108 Å². The molecule has 0 aliphatic carbocycles. The fourth-order valence-corrected chi connectivity index (χ4v) is 6.25. The Bertz CT molecular complexity index is 1070. The molecule has 258 valence electrons. The molecule has 0 spiro atoms. The second kappa shape index (κ2) is 24.1. The van der Waals surface area contributed by atoms with Crippen LogP contribution in [0.25, 0.3) is 0 Å². The van der Waals surface area contributed by atoms with Crippen molar-refractivity contribution in [2.24, 2.45) is 0 Å². The number of carbonyl (C=O) groups excluding carboxylic acids is 1. The zero-order chi connectivity index (χ0) is 33.3. The first-order valence-corrected chi connectivity index (χ1v) is 18.3. The molecule has 0 aromatic heterocycles. The Hall–Kier alpha value is -3.15. The smallest absolute Gasteiger partial charge is 0.438 e. The van der Waals surface area contributed by atoms with Crippen LogP contribution in [0.15, 0.2) is 91.0 Å². The molecule has 1 unspecified atom stereocenters. The fourth-order valence-electron chi connectivity index (χ4n) is 6.25. The lowest BCUT2D eigenvalue weighted by Crippen LogP contribution is -2.38. The maximum Gasteiger partial charge on any atom is 0.508 e. The van der Waals surface area contributed by atoms with Crippen LogP contribution in [0.1, 0.15) is 126 Å². The maximum atomic E-state index is 12.2. The Morgan fingerprint density at radius 1 is 0.553 bits per heavy atom. The van der Waals surface area contributed by atoms with Crippen LogP contribution >= 0.6 is 0 Å². The quantitative estimate of drug-likeness (QED) is 0.0494. The normalized spacial score (nSPS) is 12.1. The van der Waals surface area contributed by atoms with Gasteiger partial charge in [0.2, 0.25) is 0 Å². The van der Waals surface area contributed by atoms with Crippen LogP contribution in [0.5, 0.6) is 0 Å². The highest BCUT2D eigenvalue weighted by atomic mass is 16.7. The van der Waals surface area contributed by atoms with Gasteiger partial charge in [-0.25, -0.2) is 4.79 Å². The summed E-state index contributed by atoms with van der Waals surface area (Å²) in [7, 11) is 1.32. The van der Waals surface area contributed by atoms with Crippen LogP contribution in [0.4, 0.5) is 4.79 Å². The minimum absolute atomic E-state index is 0.132. The van der Waals surface area contributed by atoms with Crippen LogP contribution in [0, 0.1) is 0 Å². The maximum absolute atomic E-state index is 12.2. The van der Waals surface area contributed by atoms with E-state index in [0.29, 0.717) is 6.61 Å². The number of carbonyl (C=O) groups is 1. The highest BCUT2D eigenvalue weighted by molar-refractivity contribution is 5.59. The third-order valence-electron chi connectivity index (χ3n) is 8.90. The summed E-state index contributed by atoms with van der Waals surface area (Å²) in [5, 5.41) is 0. The Balaban J connectivity index is 1.42. The van der Waals surface area contributed by atoms with Gasteiger partial charge in [0.05, 0.1) is 20.3 Å². The molecule has 0 radical (unpaired) electrons. The average Bonchev–Trinajstić information content (AvgIpc) is 3.12. The number of hydrogen-bond donors (Lipinski definition) is 0. The SMILES string of the molecule is CCCCCCCCCCCCCCCCCCOCC(COC(c1ccccc1)(c1ccccc1)c1ccccc1)OC(=O)OC. The summed E-state index contributed by atoms with van der Waals surface area (Å²) in [6.45, 7) is 3.28. The molecule has 3 aromatic carbocycles. The van der Waals surface area contributed by atoms with Gasteiger partial charge in [0.15, 0.2) is 6.10 Å². The first-order valence-electron chi connectivity index (χ1n) is 18.3. The van der Waals surface area contributed by atoms with Crippen molar-refractivity contribution >= 4 is 6.16 Å². The van der Waals surface area contributed by atoms with Gasteiger partial charge in [0.1, 0.15) is 5.60 Å². The predicted molar refractivity (Wildman–Crippen MR) is 193 cm³/mol. The lowest BCUT2D eigenvalue weighted by atomic mass is 9.80. The summed E-state index contributed by atoms with van der Waals surface area (Å²) in [5.41, 5.74) is 2.06. The van der Waals surface area contributed by atoms with E-state index < -0.39 is 17.9 Å². The van der Waals surface area contributed by atoms with Crippen molar-refractivity contribution in [3.8, 4) is 0 Å². The molecule has 0 aliphatic rings. The second-order valence-corrected chi connectivity index (χ2v) is 12.7. The first kappa shape index (κ1) is 38.3. The predicted octanol–water partition coefficient (Wildman–Crippen LogP) is 11.4. The Labute approximate surface area is 285 Å².